The standard InChI is InChI=1S/C40H67N3O10S/c1-12-42-24-26(2)23-40(7,50-11)36(53-37-34(44)33(41(8)9)20-27(3)52-37)28(4)35(45)39(5,6)38(46)51-25-30(42)21-29-16-18-43(19-17-29)54(47,48)32-15-13-14-31(22-32)49-10/h13-15,22,26-30,33-34,36-37,44H,12,16-21,23-25H2,1-11H3/t26-,27-,28+,30-,33+,34-,36-,37+,40-/m1/s1. The molecule has 3 fully saturated rings. The van der Waals surface area contributed by atoms with E-state index in [9.17, 15) is 23.1 Å². The van der Waals surface area contributed by atoms with Crippen molar-refractivity contribution in [1.82, 2.24) is 14.1 Å². The number of carbonyl (C=O) groups excluding carboxylic acids is 2. The second-order valence-corrected chi connectivity index (χ2v) is 18.8. The van der Waals surface area contributed by atoms with Gasteiger partial charge in [-0.2, -0.15) is 4.31 Å². The van der Waals surface area contributed by atoms with Crippen LogP contribution in [-0.4, -0.2) is 143 Å². The van der Waals surface area contributed by atoms with Crippen LogP contribution in [0, 0.1) is 23.2 Å². The van der Waals surface area contributed by atoms with E-state index in [-0.39, 0.29) is 47.3 Å². The fourth-order valence-electron chi connectivity index (χ4n) is 8.76. The van der Waals surface area contributed by atoms with Crippen molar-refractivity contribution in [3.63, 3.8) is 0 Å². The van der Waals surface area contributed by atoms with Gasteiger partial charge in [0.15, 0.2) is 12.1 Å². The fourth-order valence-corrected chi connectivity index (χ4v) is 10.3. The number of benzene rings is 1. The second-order valence-electron chi connectivity index (χ2n) is 16.8. The number of hydrogen-bond donors (Lipinski definition) is 1. The van der Waals surface area contributed by atoms with Crippen molar-refractivity contribution >= 4 is 21.8 Å². The van der Waals surface area contributed by atoms with Crippen LogP contribution in [0.15, 0.2) is 29.2 Å². The second kappa shape index (κ2) is 18.4. The number of methoxy groups -OCH3 is 2. The molecule has 1 aromatic carbocycles. The molecule has 3 heterocycles. The van der Waals surface area contributed by atoms with Gasteiger partial charge in [-0.25, -0.2) is 8.42 Å². The molecule has 0 amide bonds. The summed E-state index contributed by atoms with van der Waals surface area (Å²) in [6.07, 6.45) is 0.182. The zero-order chi connectivity index (χ0) is 40.2. The van der Waals surface area contributed by atoms with Crippen LogP contribution >= 0.6 is 0 Å². The van der Waals surface area contributed by atoms with Gasteiger partial charge in [-0.1, -0.05) is 26.8 Å². The number of hydrogen-bond acceptors (Lipinski definition) is 12. The zero-order valence-electron chi connectivity index (χ0n) is 34.4. The summed E-state index contributed by atoms with van der Waals surface area (Å²) in [7, 11) is 3.27. The normalized spacial score (nSPS) is 34.5. The number of sulfonamides is 1. The van der Waals surface area contributed by atoms with Gasteiger partial charge in [0.25, 0.3) is 0 Å². The van der Waals surface area contributed by atoms with Gasteiger partial charge in [-0.3, -0.25) is 14.5 Å². The number of ketones is 1. The van der Waals surface area contributed by atoms with E-state index in [0.717, 1.165) is 0 Å². The lowest BCUT2D eigenvalue weighted by Crippen LogP contribution is -2.59. The van der Waals surface area contributed by atoms with E-state index in [4.69, 9.17) is 23.7 Å². The molecule has 4 rings (SSSR count). The number of piperidine rings is 1. The molecule has 0 spiro atoms. The predicted molar refractivity (Wildman–Crippen MR) is 206 cm³/mol. The van der Waals surface area contributed by atoms with Crippen molar-refractivity contribution in [3.8, 4) is 5.75 Å². The van der Waals surface area contributed by atoms with Crippen LogP contribution in [0.1, 0.15) is 80.6 Å². The first-order chi connectivity index (χ1) is 25.3. The number of aliphatic hydroxyl groups excluding tert-OH is 1. The number of likely N-dealkylation sites (N-methyl/N-ethyl adjacent to an activating group) is 2. The van der Waals surface area contributed by atoms with E-state index >= 15 is 0 Å². The molecule has 13 nitrogen and oxygen atoms in total. The van der Waals surface area contributed by atoms with Gasteiger partial charge < -0.3 is 33.7 Å². The number of cyclic esters (lactones) is 1. The van der Waals surface area contributed by atoms with Crippen LogP contribution in [0.3, 0.4) is 0 Å². The first kappa shape index (κ1) is 44.5. The number of carbonyl (C=O) groups is 2. The number of aliphatic hydroxyl groups is 1. The van der Waals surface area contributed by atoms with Crippen molar-refractivity contribution in [1.29, 1.82) is 0 Å². The summed E-state index contributed by atoms with van der Waals surface area (Å²) >= 11 is 0. The van der Waals surface area contributed by atoms with Gasteiger partial charge in [0.2, 0.25) is 10.0 Å². The molecule has 0 bridgehead atoms. The van der Waals surface area contributed by atoms with Gasteiger partial charge in [-0.05, 0) is 104 Å². The molecule has 0 saturated carbocycles. The van der Waals surface area contributed by atoms with Gasteiger partial charge in [0.1, 0.15) is 23.9 Å². The topological polar surface area (TPSA) is 144 Å². The Balaban J connectivity index is 1.57. The fraction of sp³-hybridized carbons (Fsp3) is 0.800. The number of Topliss-reactive ketones (excluding diaryl/α,β-unsaturated/α-hetero) is 1. The highest BCUT2D eigenvalue weighted by Gasteiger charge is 2.51. The Morgan fingerprint density at radius 1 is 1.06 bits per heavy atom. The third kappa shape index (κ3) is 10.0. The molecule has 14 heteroatoms. The van der Waals surface area contributed by atoms with Crippen molar-refractivity contribution < 1.29 is 46.8 Å². The smallest absolute Gasteiger partial charge is 0.319 e. The summed E-state index contributed by atoms with van der Waals surface area (Å²) in [5, 5.41) is 11.4. The molecule has 3 saturated heterocycles. The predicted octanol–water partition coefficient (Wildman–Crippen LogP) is 4.21. The van der Waals surface area contributed by atoms with Crippen molar-refractivity contribution in [3.05, 3.63) is 24.3 Å². The summed E-state index contributed by atoms with van der Waals surface area (Å²) in [6, 6.07) is 6.19. The minimum absolute atomic E-state index is 0.0655. The molecule has 1 aromatic rings. The van der Waals surface area contributed by atoms with Crippen LogP contribution in [-0.2, 0) is 38.6 Å². The van der Waals surface area contributed by atoms with E-state index in [1.54, 1.807) is 56.5 Å². The molecule has 9 atom stereocenters. The monoisotopic (exact) mass is 781 g/mol. The van der Waals surface area contributed by atoms with Crippen LogP contribution in [0.4, 0.5) is 0 Å². The van der Waals surface area contributed by atoms with E-state index < -0.39 is 51.4 Å². The highest BCUT2D eigenvalue weighted by atomic mass is 32.2. The average Bonchev–Trinajstić information content (AvgIpc) is 3.14. The summed E-state index contributed by atoms with van der Waals surface area (Å²) < 4.78 is 58.9. The third-order valence-corrected chi connectivity index (χ3v) is 14.0. The lowest BCUT2D eigenvalue weighted by atomic mass is 9.74. The minimum atomic E-state index is -3.68. The Morgan fingerprint density at radius 2 is 1.72 bits per heavy atom. The molecule has 54 heavy (non-hydrogen) atoms. The lowest BCUT2D eigenvalue weighted by molar-refractivity contribution is -0.295. The maximum absolute atomic E-state index is 14.4. The van der Waals surface area contributed by atoms with Crippen molar-refractivity contribution in [2.45, 2.75) is 128 Å². The molecule has 308 valence electrons. The van der Waals surface area contributed by atoms with E-state index in [0.29, 0.717) is 64.0 Å². The number of ether oxygens (including phenoxy) is 5. The van der Waals surface area contributed by atoms with Crippen LogP contribution in [0.5, 0.6) is 5.75 Å². The maximum Gasteiger partial charge on any atom is 0.319 e. The summed E-state index contributed by atoms with van der Waals surface area (Å²) in [5.41, 5.74) is -2.49. The van der Waals surface area contributed by atoms with E-state index in [1.165, 1.54) is 7.11 Å². The zero-order valence-corrected chi connectivity index (χ0v) is 35.3. The van der Waals surface area contributed by atoms with E-state index in [2.05, 4.69) is 18.7 Å². The maximum atomic E-state index is 14.4. The molecular weight excluding hydrogens is 715 g/mol. The SMILES string of the molecule is CCN1C[C@H](C)C[C@@](C)(OC)[C@H](O[C@@H]2O[C@H](C)C[C@H](N(C)C)[C@H]2O)[C@@H](C)C(=O)C(C)(C)C(=O)OC[C@H]1CC1CCN(S(=O)(=O)c2cccc(OC)c2)CC1. The van der Waals surface area contributed by atoms with Crippen molar-refractivity contribution in [2.75, 3.05) is 61.1 Å². The highest BCUT2D eigenvalue weighted by molar-refractivity contribution is 7.89. The number of nitrogens with zero attached hydrogens (tertiary/aromatic N) is 3. The molecule has 1 N–H and O–H groups in total. The summed E-state index contributed by atoms with van der Waals surface area (Å²) in [5.74, 6) is -1.00. The summed E-state index contributed by atoms with van der Waals surface area (Å²) in [4.78, 5) is 32.8. The van der Waals surface area contributed by atoms with Gasteiger partial charge in [0.05, 0.1) is 29.8 Å². The molecule has 0 aliphatic carbocycles. The molecule has 3 aliphatic rings. The number of rotatable bonds is 10. The molecular formula is C40H67N3O10S. The van der Waals surface area contributed by atoms with Gasteiger partial charge >= 0.3 is 5.97 Å². The largest absolute Gasteiger partial charge is 0.497 e. The average molecular weight is 782 g/mol. The van der Waals surface area contributed by atoms with Crippen molar-refractivity contribution in [2.24, 2.45) is 23.2 Å². The van der Waals surface area contributed by atoms with E-state index in [1.807, 2.05) is 32.8 Å². The van der Waals surface area contributed by atoms with Crippen LogP contribution < -0.4 is 4.74 Å². The Bertz CT molecular complexity index is 1520. The Hall–Kier alpha value is -2.17. The first-order valence-corrected chi connectivity index (χ1v) is 21.0. The van der Waals surface area contributed by atoms with Crippen LogP contribution in [0.25, 0.3) is 0 Å². The lowest BCUT2D eigenvalue weighted by Gasteiger charge is -2.47. The first-order valence-electron chi connectivity index (χ1n) is 19.6. The Morgan fingerprint density at radius 3 is 2.31 bits per heavy atom. The Labute approximate surface area is 324 Å². The van der Waals surface area contributed by atoms with Gasteiger partial charge in [0, 0.05) is 50.8 Å². The number of esters is 1. The third-order valence-electron chi connectivity index (χ3n) is 12.1. The molecule has 0 radical (unpaired) electrons. The summed E-state index contributed by atoms with van der Waals surface area (Å²) in [6.45, 7) is 15.3. The Kier molecular flexibility index (Phi) is 15.2. The quantitative estimate of drug-likeness (QED) is 0.268. The minimum Gasteiger partial charge on any atom is -0.497 e. The highest BCUT2D eigenvalue weighted by Crippen LogP contribution is 2.39. The molecule has 0 aromatic heterocycles. The molecule has 0 unspecified atom stereocenters. The van der Waals surface area contributed by atoms with Gasteiger partial charge in [-0.15, -0.1) is 0 Å². The van der Waals surface area contributed by atoms with Crippen LogP contribution in [0.2, 0.25) is 0 Å². The molecule has 3 aliphatic heterocycles.